The Kier molecular flexibility index (Phi) is 4.93. The summed E-state index contributed by atoms with van der Waals surface area (Å²) in [6.45, 7) is 3.44. The molecular formula is C21H17N3O5S. The van der Waals surface area contributed by atoms with E-state index in [0.29, 0.717) is 20.7 Å². The van der Waals surface area contributed by atoms with E-state index in [1.807, 2.05) is 6.07 Å². The van der Waals surface area contributed by atoms with Crippen molar-refractivity contribution in [3.05, 3.63) is 73.4 Å². The van der Waals surface area contributed by atoms with Crippen LogP contribution < -0.4 is 20.5 Å². The lowest BCUT2D eigenvalue weighted by Gasteiger charge is -2.23. The Bertz CT molecular complexity index is 1350. The van der Waals surface area contributed by atoms with Gasteiger partial charge in [0, 0.05) is 6.08 Å². The van der Waals surface area contributed by atoms with Gasteiger partial charge in [-0.15, -0.1) is 11.3 Å². The lowest BCUT2D eigenvalue weighted by atomic mass is 9.88. The summed E-state index contributed by atoms with van der Waals surface area (Å²) in [5.41, 5.74) is 5.95. The smallest absolute Gasteiger partial charge is 0.338 e. The number of nitrogens with two attached hydrogens (primary N) is 1. The number of allylic oxidation sites excluding steroid dienone is 1. The first-order valence-electron chi connectivity index (χ1n) is 9.08. The van der Waals surface area contributed by atoms with E-state index >= 15 is 0 Å². The van der Waals surface area contributed by atoms with Crippen LogP contribution in [0.15, 0.2) is 56.0 Å². The molecule has 0 radical (unpaired) electrons. The number of carbonyl (C=O) groups is 1. The molecule has 1 aliphatic rings. The van der Waals surface area contributed by atoms with Crippen molar-refractivity contribution in [1.82, 2.24) is 4.57 Å². The third kappa shape index (κ3) is 3.17. The summed E-state index contributed by atoms with van der Waals surface area (Å²) >= 11 is 1.07. The Morgan fingerprint density at radius 3 is 2.67 bits per heavy atom. The molecule has 0 saturated carbocycles. The molecule has 1 aliphatic heterocycles. The number of rotatable bonds is 4. The molecule has 1 unspecified atom stereocenters. The maximum absolute atomic E-state index is 13.1. The van der Waals surface area contributed by atoms with Crippen LogP contribution in [-0.4, -0.2) is 16.6 Å². The number of aromatic nitrogens is 1. The second-order valence-electron chi connectivity index (χ2n) is 6.80. The van der Waals surface area contributed by atoms with E-state index in [9.17, 15) is 14.9 Å². The van der Waals surface area contributed by atoms with Gasteiger partial charge in [0.2, 0.25) is 0 Å². The number of ether oxygens (including phenoxy) is 1. The number of hydrogen-bond donors (Lipinski definition) is 1. The highest BCUT2D eigenvalue weighted by molar-refractivity contribution is 7.07. The van der Waals surface area contributed by atoms with E-state index in [0.717, 1.165) is 11.3 Å². The van der Waals surface area contributed by atoms with Crippen molar-refractivity contribution in [2.24, 2.45) is 5.73 Å². The minimum Gasteiger partial charge on any atom is -0.468 e. The van der Waals surface area contributed by atoms with Gasteiger partial charge in [-0.1, -0.05) is 0 Å². The highest BCUT2D eigenvalue weighted by Crippen LogP contribution is 2.36. The van der Waals surface area contributed by atoms with E-state index in [-0.39, 0.29) is 17.0 Å². The van der Waals surface area contributed by atoms with Crippen LogP contribution in [0.2, 0.25) is 0 Å². The van der Waals surface area contributed by atoms with Gasteiger partial charge in [0.15, 0.2) is 0 Å². The van der Waals surface area contributed by atoms with Gasteiger partial charge in [0.1, 0.15) is 22.0 Å². The predicted octanol–water partition coefficient (Wildman–Crippen LogP) is 1.48. The van der Waals surface area contributed by atoms with E-state index in [4.69, 9.17) is 19.3 Å². The van der Waals surface area contributed by atoms with Crippen molar-refractivity contribution >= 4 is 34.8 Å². The van der Waals surface area contributed by atoms with Crippen LogP contribution in [0.1, 0.15) is 31.3 Å². The molecule has 3 aromatic rings. The van der Waals surface area contributed by atoms with Crippen molar-refractivity contribution in [3.8, 4) is 6.07 Å². The van der Waals surface area contributed by atoms with E-state index in [2.05, 4.69) is 0 Å². The summed E-state index contributed by atoms with van der Waals surface area (Å²) in [5.74, 6) is -0.746. The molecule has 3 aromatic heterocycles. The van der Waals surface area contributed by atoms with Crippen LogP contribution in [0.25, 0.3) is 17.5 Å². The molecule has 4 rings (SSSR count). The first kappa shape index (κ1) is 19.5. The normalized spacial score (nSPS) is 16.7. The Balaban J connectivity index is 2.10. The maximum atomic E-state index is 13.1. The average molecular weight is 423 g/mol. The number of thiazole rings is 1. The van der Waals surface area contributed by atoms with Gasteiger partial charge in [-0.2, -0.15) is 5.26 Å². The molecule has 8 nitrogen and oxygen atoms in total. The van der Waals surface area contributed by atoms with Gasteiger partial charge in [0.05, 0.1) is 46.3 Å². The van der Waals surface area contributed by atoms with Crippen molar-refractivity contribution in [2.45, 2.75) is 25.9 Å². The molecule has 1 atom stereocenters. The zero-order chi connectivity index (χ0) is 21.4. The lowest BCUT2D eigenvalue weighted by Crippen LogP contribution is -2.40. The first-order valence-corrected chi connectivity index (χ1v) is 9.89. The number of carbonyl (C=O) groups excluding carboxylic acids is 1. The van der Waals surface area contributed by atoms with Gasteiger partial charge in [-0.05, 0) is 38.1 Å². The summed E-state index contributed by atoms with van der Waals surface area (Å²) in [5, 5.41) is 9.81. The molecule has 9 heteroatoms. The Morgan fingerprint density at radius 1 is 1.33 bits per heavy atom. The predicted molar refractivity (Wildman–Crippen MR) is 109 cm³/mol. The van der Waals surface area contributed by atoms with Crippen molar-refractivity contribution < 1.29 is 18.4 Å². The van der Waals surface area contributed by atoms with Crippen LogP contribution in [0.4, 0.5) is 0 Å². The van der Waals surface area contributed by atoms with Gasteiger partial charge in [0.25, 0.3) is 5.56 Å². The largest absolute Gasteiger partial charge is 0.468 e. The van der Waals surface area contributed by atoms with Crippen LogP contribution in [0.3, 0.4) is 0 Å². The van der Waals surface area contributed by atoms with Crippen LogP contribution in [0, 0.1) is 11.3 Å². The molecule has 152 valence electrons. The third-order valence-corrected chi connectivity index (χ3v) is 5.58. The van der Waals surface area contributed by atoms with Gasteiger partial charge in [-0.25, -0.2) is 4.79 Å². The van der Waals surface area contributed by atoms with Crippen LogP contribution in [-0.2, 0) is 9.53 Å². The summed E-state index contributed by atoms with van der Waals surface area (Å²) in [4.78, 5) is 26.2. The van der Waals surface area contributed by atoms with E-state index in [1.54, 1.807) is 44.2 Å². The van der Waals surface area contributed by atoms with Crippen LogP contribution >= 0.6 is 11.3 Å². The second kappa shape index (κ2) is 7.57. The second-order valence-corrected chi connectivity index (χ2v) is 7.83. The van der Waals surface area contributed by atoms with E-state index in [1.165, 1.54) is 17.1 Å². The molecule has 4 heterocycles. The number of nitrogens with zero attached hydrogens (tertiary/aromatic N) is 2. The monoisotopic (exact) mass is 423 g/mol. The molecule has 0 aliphatic carbocycles. The van der Waals surface area contributed by atoms with Crippen molar-refractivity contribution in [3.63, 3.8) is 0 Å². The summed E-state index contributed by atoms with van der Waals surface area (Å²) in [7, 11) is 0. The van der Waals surface area contributed by atoms with Gasteiger partial charge in [-0.3, -0.25) is 9.36 Å². The van der Waals surface area contributed by atoms with Gasteiger partial charge < -0.3 is 19.3 Å². The third-order valence-electron chi connectivity index (χ3n) is 4.48. The standard InChI is InChI=1S/C21H17N3O5S/c1-11(2)29-21(26)17-16(14-6-4-8-28-14)13(10-22)18(23)24-19(25)15(30-20(17)24)9-12-5-3-7-27-12/h3-9,11,16H,23H2,1-2H3/b15-9-. The fraction of sp³-hybridized carbons (Fsp3) is 0.190. The molecule has 0 fully saturated rings. The fourth-order valence-electron chi connectivity index (χ4n) is 3.26. The highest BCUT2D eigenvalue weighted by Gasteiger charge is 2.38. The minimum atomic E-state index is -0.884. The van der Waals surface area contributed by atoms with E-state index < -0.39 is 23.6 Å². The molecule has 0 aromatic carbocycles. The lowest BCUT2D eigenvalue weighted by molar-refractivity contribution is -0.140. The zero-order valence-corrected chi connectivity index (χ0v) is 16.9. The Morgan fingerprint density at radius 2 is 2.07 bits per heavy atom. The van der Waals surface area contributed by atoms with Crippen molar-refractivity contribution in [2.75, 3.05) is 0 Å². The Hall–Kier alpha value is -3.77. The fourth-order valence-corrected chi connectivity index (χ4v) is 4.41. The SMILES string of the molecule is CC(C)OC(=O)C1=c2s/c(=C\c3ccco3)c(=O)n2C(N)=C(C#N)C1c1ccco1. The molecule has 0 saturated heterocycles. The zero-order valence-electron chi connectivity index (χ0n) is 16.1. The first-order chi connectivity index (χ1) is 14.4. The summed E-state index contributed by atoms with van der Waals surface area (Å²) in [6.07, 6.45) is 4.09. The number of fused-ring (bicyclic) bond motifs is 1. The minimum absolute atomic E-state index is 0.0394. The van der Waals surface area contributed by atoms with Gasteiger partial charge >= 0.3 is 5.97 Å². The quantitative estimate of drug-likeness (QED) is 0.630. The molecule has 0 bridgehead atoms. The van der Waals surface area contributed by atoms with Crippen LogP contribution in [0.5, 0.6) is 0 Å². The highest BCUT2D eigenvalue weighted by atomic mass is 32.1. The number of esters is 1. The molecule has 0 amide bonds. The topological polar surface area (TPSA) is 124 Å². The molecule has 30 heavy (non-hydrogen) atoms. The summed E-state index contributed by atoms with van der Waals surface area (Å²) in [6, 6.07) is 8.73. The molecule has 0 spiro atoms. The average Bonchev–Trinajstić information content (AvgIpc) is 3.44. The molecule has 2 N–H and O–H groups in total. The number of nitriles is 1. The summed E-state index contributed by atoms with van der Waals surface area (Å²) < 4.78 is 18.0. The maximum Gasteiger partial charge on any atom is 0.338 e. The van der Waals surface area contributed by atoms with Crippen molar-refractivity contribution in [1.29, 1.82) is 5.26 Å². The molecular weight excluding hydrogens is 406 g/mol. The number of furan rings is 2. The Labute approximate surface area is 174 Å². The number of hydrogen-bond acceptors (Lipinski definition) is 8.